The number of furan rings is 1. The molecule has 0 atom stereocenters. The summed E-state index contributed by atoms with van der Waals surface area (Å²) in [6.45, 7) is 5.51. The Morgan fingerprint density at radius 3 is 2.64 bits per heavy atom. The van der Waals surface area contributed by atoms with Crippen LogP contribution < -0.4 is 15.8 Å². The number of hydrogen-bond acceptors (Lipinski definition) is 4. The summed E-state index contributed by atoms with van der Waals surface area (Å²) >= 11 is 0. The molecule has 1 heterocycles. The molecule has 8 heteroatoms. The molecule has 28 heavy (non-hydrogen) atoms. The molecule has 0 saturated carbocycles. The van der Waals surface area contributed by atoms with Crippen molar-refractivity contribution in [3.63, 3.8) is 0 Å². The zero-order valence-electron chi connectivity index (χ0n) is 15.9. The van der Waals surface area contributed by atoms with Gasteiger partial charge in [0.25, 0.3) is 0 Å². The Bertz CT molecular complexity index is 1100. The summed E-state index contributed by atoms with van der Waals surface area (Å²) in [5, 5.41) is 12.7. The Hall–Kier alpha value is -2.84. The minimum atomic E-state index is -3.73. The third-order valence-electron chi connectivity index (χ3n) is 4.35. The molecule has 0 unspecified atom stereocenters. The van der Waals surface area contributed by atoms with Gasteiger partial charge in [0.15, 0.2) is 5.96 Å². The van der Waals surface area contributed by atoms with E-state index in [1.165, 1.54) is 12.1 Å². The lowest BCUT2D eigenvalue weighted by Gasteiger charge is -2.11. The molecular formula is C20H24N4O3S. The number of benzene rings is 2. The Balaban J connectivity index is 1.73. The van der Waals surface area contributed by atoms with Crippen molar-refractivity contribution in [2.24, 2.45) is 10.1 Å². The summed E-state index contributed by atoms with van der Waals surface area (Å²) in [6.07, 6.45) is 0. The molecule has 2 aromatic carbocycles. The van der Waals surface area contributed by atoms with Crippen LogP contribution >= 0.6 is 0 Å². The van der Waals surface area contributed by atoms with Crippen LogP contribution in [0.15, 0.2) is 62.8 Å². The molecule has 0 aliphatic carbocycles. The van der Waals surface area contributed by atoms with Gasteiger partial charge in [0.2, 0.25) is 10.0 Å². The van der Waals surface area contributed by atoms with Gasteiger partial charge in [-0.2, -0.15) is 0 Å². The molecule has 0 radical (unpaired) electrons. The maximum atomic E-state index is 11.5. The first-order valence-electron chi connectivity index (χ1n) is 8.99. The van der Waals surface area contributed by atoms with E-state index in [2.05, 4.69) is 15.6 Å². The van der Waals surface area contributed by atoms with Crippen LogP contribution in [0.3, 0.4) is 0 Å². The van der Waals surface area contributed by atoms with E-state index in [4.69, 9.17) is 9.56 Å². The summed E-state index contributed by atoms with van der Waals surface area (Å²) in [4.78, 5) is 4.60. The van der Waals surface area contributed by atoms with Crippen molar-refractivity contribution in [1.29, 1.82) is 0 Å². The highest BCUT2D eigenvalue weighted by Crippen LogP contribution is 2.24. The Morgan fingerprint density at radius 1 is 1.14 bits per heavy atom. The second kappa shape index (κ2) is 8.45. The summed E-state index contributed by atoms with van der Waals surface area (Å²) in [5.41, 5.74) is 2.71. The number of rotatable bonds is 6. The van der Waals surface area contributed by atoms with Crippen LogP contribution in [-0.4, -0.2) is 20.9 Å². The van der Waals surface area contributed by atoms with Gasteiger partial charge in [0, 0.05) is 17.5 Å². The quantitative estimate of drug-likeness (QED) is 0.435. The molecule has 3 rings (SSSR count). The maximum Gasteiger partial charge on any atom is 0.238 e. The molecule has 0 saturated heterocycles. The fraction of sp³-hybridized carbons (Fsp3) is 0.250. The number of para-hydroxylation sites is 1. The van der Waals surface area contributed by atoms with Gasteiger partial charge in [-0.25, -0.2) is 18.5 Å². The summed E-state index contributed by atoms with van der Waals surface area (Å²) in [7, 11) is -3.73. The first kappa shape index (κ1) is 19.9. The van der Waals surface area contributed by atoms with Crippen LogP contribution in [0.4, 0.5) is 0 Å². The number of nitrogens with zero attached hydrogens (tertiary/aromatic N) is 1. The van der Waals surface area contributed by atoms with Crippen LogP contribution in [0.2, 0.25) is 0 Å². The molecule has 0 amide bonds. The molecule has 4 N–H and O–H groups in total. The molecule has 0 fully saturated rings. The van der Waals surface area contributed by atoms with Gasteiger partial charge < -0.3 is 15.1 Å². The lowest BCUT2D eigenvalue weighted by molar-refractivity contribution is 0.534. The highest BCUT2D eigenvalue weighted by atomic mass is 32.2. The number of guanidine groups is 1. The first-order valence-corrected chi connectivity index (χ1v) is 10.5. The van der Waals surface area contributed by atoms with Crippen molar-refractivity contribution < 1.29 is 12.8 Å². The number of sulfonamides is 1. The third-order valence-corrected chi connectivity index (χ3v) is 5.26. The third kappa shape index (κ3) is 4.71. The highest BCUT2D eigenvalue weighted by molar-refractivity contribution is 7.89. The van der Waals surface area contributed by atoms with Gasteiger partial charge in [-0.1, -0.05) is 30.3 Å². The number of aryl methyl sites for hydroxylation is 1. The van der Waals surface area contributed by atoms with Gasteiger partial charge in [-0.05, 0) is 37.6 Å². The van der Waals surface area contributed by atoms with Gasteiger partial charge in [-0.15, -0.1) is 0 Å². The minimum absolute atomic E-state index is 0.0797. The van der Waals surface area contributed by atoms with Gasteiger partial charge >= 0.3 is 0 Å². The Labute approximate surface area is 164 Å². The molecule has 0 spiro atoms. The topological polar surface area (TPSA) is 110 Å². The lowest BCUT2D eigenvalue weighted by Crippen LogP contribution is -2.36. The average molecular weight is 401 g/mol. The molecule has 148 valence electrons. The van der Waals surface area contributed by atoms with Crippen molar-refractivity contribution in [3.05, 3.63) is 65.4 Å². The molecule has 0 bridgehead atoms. The standard InChI is InChI=1S/C20H24N4O3S/c1-3-22-20(23-12-15-7-6-8-16(11-15)28(21,25)26)24-13-19-14(2)17-9-4-5-10-18(17)27-19/h4-11H,3,12-13H2,1-2H3,(H2,21,25,26)(H2,22,23,24). The molecular weight excluding hydrogens is 376 g/mol. The molecule has 0 aliphatic heterocycles. The van der Waals surface area contributed by atoms with E-state index in [-0.39, 0.29) is 4.90 Å². The van der Waals surface area contributed by atoms with E-state index in [9.17, 15) is 8.42 Å². The number of hydrogen-bond donors (Lipinski definition) is 3. The fourth-order valence-electron chi connectivity index (χ4n) is 2.89. The molecule has 3 aromatic rings. The van der Waals surface area contributed by atoms with E-state index in [0.717, 1.165) is 27.9 Å². The molecule has 0 aliphatic rings. The second-order valence-corrected chi connectivity index (χ2v) is 7.95. The van der Waals surface area contributed by atoms with E-state index in [1.54, 1.807) is 6.07 Å². The number of fused-ring (bicyclic) bond motifs is 1. The smallest absolute Gasteiger partial charge is 0.238 e. The zero-order chi connectivity index (χ0) is 20.1. The summed E-state index contributed by atoms with van der Waals surface area (Å²) in [6, 6.07) is 14.4. The van der Waals surface area contributed by atoms with Crippen molar-refractivity contribution in [3.8, 4) is 0 Å². The van der Waals surface area contributed by atoms with Crippen LogP contribution in [0.5, 0.6) is 0 Å². The average Bonchev–Trinajstić information content (AvgIpc) is 3.00. The van der Waals surface area contributed by atoms with E-state index >= 15 is 0 Å². The monoisotopic (exact) mass is 400 g/mol. The fourth-order valence-corrected chi connectivity index (χ4v) is 3.47. The van der Waals surface area contributed by atoms with E-state index in [1.807, 2.05) is 44.2 Å². The van der Waals surface area contributed by atoms with Gasteiger partial charge in [0.05, 0.1) is 18.0 Å². The minimum Gasteiger partial charge on any atom is -0.459 e. The van der Waals surface area contributed by atoms with E-state index in [0.29, 0.717) is 25.6 Å². The maximum absolute atomic E-state index is 11.5. The number of aliphatic imine (C=N–C) groups is 1. The van der Waals surface area contributed by atoms with E-state index < -0.39 is 10.0 Å². The largest absolute Gasteiger partial charge is 0.459 e. The predicted molar refractivity (Wildman–Crippen MR) is 110 cm³/mol. The van der Waals surface area contributed by atoms with Crippen LogP contribution in [-0.2, 0) is 23.1 Å². The number of nitrogens with one attached hydrogen (secondary N) is 2. The van der Waals surface area contributed by atoms with Crippen molar-refractivity contribution in [1.82, 2.24) is 10.6 Å². The Morgan fingerprint density at radius 2 is 1.93 bits per heavy atom. The van der Waals surface area contributed by atoms with Crippen LogP contribution in [0.25, 0.3) is 11.0 Å². The van der Waals surface area contributed by atoms with Crippen molar-refractivity contribution in [2.45, 2.75) is 31.8 Å². The normalized spacial score (nSPS) is 12.3. The lowest BCUT2D eigenvalue weighted by atomic mass is 10.1. The number of nitrogens with two attached hydrogens (primary N) is 1. The molecule has 1 aromatic heterocycles. The summed E-state index contributed by atoms with van der Waals surface area (Å²) < 4.78 is 28.9. The van der Waals surface area contributed by atoms with Crippen molar-refractivity contribution in [2.75, 3.05) is 6.54 Å². The summed E-state index contributed by atoms with van der Waals surface area (Å²) in [5.74, 6) is 1.46. The highest BCUT2D eigenvalue weighted by Gasteiger charge is 2.11. The van der Waals surface area contributed by atoms with Crippen LogP contribution in [0.1, 0.15) is 23.8 Å². The van der Waals surface area contributed by atoms with Gasteiger partial charge in [0.1, 0.15) is 11.3 Å². The SMILES string of the molecule is CCNC(=NCc1cccc(S(N)(=O)=O)c1)NCc1oc2ccccc2c1C. The predicted octanol–water partition coefficient (Wildman–Crippen LogP) is 2.64. The van der Waals surface area contributed by atoms with Crippen LogP contribution in [0, 0.1) is 6.92 Å². The zero-order valence-corrected chi connectivity index (χ0v) is 16.7. The second-order valence-electron chi connectivity index (χ2n) is 6.39. The number of primary sulfonamides is 1. The van der Waals surface area contributed by atoms with Gasteiger partial charge in [-0.3, -0.25) is 0 Å². The first-order chi connectivity index (χ1) is 13.4. The Kier molecular flexibility index (Phi) is 6.01. The molecule has 7 nitrogen and oxygen atoms in total. The van der Waals surface area contributed by atoms with Crippen molar-refractivity contribution >= 4 is 27.0 Å².